The number of rotatable bonds is 20. The molecule has 10 unspecified atom stereocenters. The molecule has 0 radical (unpaired) electrons. The maximum absolute atomic E-state index is 8.69. The summed E-state index contributed by atoms with van der Waals surface area (Å²) in [4.78, 5) is 65.1. The number of aliphatic hydroxyl groups is 10. The van der Waals surface area contributed by atoms with Gasteiger partial charge in [-0.15, -0.1) is 0 Å². The number of hydrogen-bond donors (Lipinski definition) is 19. The van der Waals surface area contributed by atoms with Crippen molar-refractivity contribution in [2.75, 3.05) is 66.1 Å². The molecule has 0 aliphatic heterocycles. The number of hydrogen-bond acceptors (Lipinski definition) is 24. The van der Waals surface area contributed by atoms with Crippen LogP contribution in [0.1, 0.15) is 69.2 Å². The van der Waals surface area contributed by atoms with Gasteiger partial charge in [-0.3, -0.25) is 0 Å². The van der Waals surface area contributed by atoms with Crippen molar-refractivity contribution in [3.8, 4) is 0 Å². The van der Waals surface area contributed by atoms with Gasteiger partial charge in [-0.25, -0.2) is 0 Å². The lowest BCUT2D eigenvalue weighted by atomic mass is 10.4. The highest BCUT2D eigenvalue weighted by atomic mass is 31.2. The zero-order chi connectivity index (χ0) is 47.1. The van der Waals surface area contributed by atoms with E-state index < -0.39 is 56.3 Å². The van der Waals surface area contributed by atoms with Gasteiger partial charge in [0.15, 0.2) is 0 Å². The highest BCUT2D eigenvalue weighted by molar-refractivity contribution is 7.38. The van der Waals surface area contributed by atoms with Crippen LogP contribution in [0.5, 0.6) is 0 Å². The van der Waals surface area contributed by atoms with Gasteiger partial charge >= 0.3 is 25.8 Å². The van der Waals surface area contributed by atoms with Crippen molar-refractivity contribution < 1.29 is 119 Å². The molecule has 0 amide bonds. The lowest BCUT2D eigenvalue weighted by Gasteiger charge is -2.10. The predicted octanol–water partition coefficient (Wildman–Crippen LogP) is -3.61. The fourth-order valence-corrected chi connectivity index (χ4v) is 1.78. The van der Waals surface area contributed by atoms with Crippen LogP contribution in [0, 0.1) is 0 Å². The maximum atomic E-state index is 8.69. The molecular weight excluding hydrogens is 837 g/mol. The van der Waals surface area contributed by atoms with Crippen LogP contribution < -0.4 is 0 Å². The molecule has 19 N–H and O–H groups in total. The molecular formula is C30H79O24P3. The van der Waals surface area contributed by atoms with Gasteiger partial charge in [0.25, 0.3) is 0 Å². The summed E-state index contributed by atoms with van der Waals surface area (Å²) in [5.74, 6) is 0. The lowest BCUT2D eigenvalue weighted by molar-refractivity contribution is -0.0177. The molecule has 0 rings (SSSR count). The summed E-state index contributed by atoms with van der Waals surface area (Å²) in [6.07, 6.45) is -3.06. The topological polar surface area (TPSA) is 431 Å². The quantitative estimate of drug-likeness (QED) is 0.0525. The summed E-state index contributed by atoms with van der Waals surface area (Å²) in [6, 6.07) is 0. The van der Waals surface area contributed by atoms with Gasteiger partial charge in [0.1, 0.15) is 0 Å². The maximum Gasteiger partial charge on any atom is 0.324 e. The smallest absolute Gasteiger partial charge is 0.324 e. The Kier molecular flexibility index (Phi) is 76.6. The third-order valence-electron chi connectivity index (χ3n) is 4.40. The molecule has 0 aliphatic rings. The van der Waals surface area contributed by atoms with Crippen molar-refractivity contribution in [1.29, 1.82) is 0 Å². The average molecular weight is 917 g/mol. The van der Waals surface area contributed by atoms with Crippen molar-refractivity contribution in [3.05, 3.63) is 0 Å². The third-order valence-corrected chi connectivity index (χ3v) is 4.40. The van der Waals surface area contributed by atoms with Gasteiger partial charge in [0.2, 0.25) is 0 Å². The summed E-state index contributed by atoms with van der Waals surface area (Å²) in [5.41, 5.74) is 0. The van der Waals surface area contributed by atoms with Crippen LogP contribution in [0.3, 0.4) is 0 Å². The van der Waals surface area contributed by atoms with E-state index in [9.17, 15) is 0 Å². The van der Waals surface area contributed by atoms with Gasteiger partial charge in [-0.2, -0.15) is 0 Å². The molecule has 0 fully saturated rings. The molecule has 0 bridgehead atoms. The van der Waals surface area contributed by atoms with E-state index in [0.29, 0.717) is 33.0 Å². The Morgan fingerprint density at radius 1 is 0.281 bits per heavy atom. The zero-order valence-corrected chi connectivity index (χ0v) is 37.4. The molecule has 0 heterocycles. The average Bonchev–Trinajstić information content (AvgIpc) is 3.09. The normalized spacial score (nSPS) is 15.6. The molecule has 0 aliphatic carbocycles. The Morgan fingerprint density at radius 3 is 0.421 bits per heavy atom. The van der Waals surface area contributed by atoms with Crippen LogP contribution in [0.2, 0.25) is 0 Å². The van der Waals surface area contributed by atoms with Crippen LogP contribution in [0.4, 0.5) is 0 Å². The summed E-state index contributed by atoms with van der Waals surface area (Å²) in [7, 11) is -7.86. The van der Waals surface area contributed by atoms with Crippen LogP contribution in [0.15, 0.2) is 0 Å². The van der Waals surface area contributed by atoms with E-state index in [1.807, 2.05) is 0 Å². The number of aliphatic hydroxyl groups excluding tert-OH is 10. The molecule has 0 aromatic carbocycles. The van der Waals surface area contributed by atoms with Crippen molar-refractivity contribution in [2.24, 2.45) is 0 Å². The summed E-state index contributed by atoms with van der Waals surface area (Å²) >= 11 is 0. The molecule has 0 saturated carbocycles. The Morgan fingerprint density at radius 2 is 0.368 bits per heavy atom. The Balaban J connectivity index is -0.0000000819. The van der Waals surface area contributed by atoms with E-state index in [0.717, 1.165) is 0 Å². The molecule has 27 heteroatoms. The minimum atomic E-state index is -2.62. The lowest BCUT2D eigenvalue weighted by Crippen LogP contribution is -2.19. The van der Waals surface area contributed by atoms with Crippen molar-refractivity contribution >= 4 is 25.8 Å². The number of ether oxygens (including phenoxy) is 5. The van der Waals surface area contributed by atoms with Gasteiger partial charge in [0, 0.05) is 0 Å². The molecule has 24 nitrogen and oxygen atoms in total. The fraction of sp³-hybridized carbons (Fsp3) is 1.00. The zero-order valence-electron chi connectivity index (χ0n) is 34.7. The minimum absolute atomic E-state index is 0.00667. The van der Waals surface area contributed by atoms with Gasteiger partial charge in [-0.1, -0.05) is 0 Å². The second-order valence-corrected chi connectivity index (χ2v) is 13.3. The van der Waals surface area contributed by atoms with E-state index >= 15 is 0 Å². The molecule has 0 aromatic rings. The highest BCUT2D eigenvalue weighted by Crippen LogP contribution is 2.12. The first-order valence-corrected chi connectivity index (χ1v) is 20.8. The summed E-state index contributed by atoms with van der Waals surface area (Å²) in [5, 5.41) is 85.7. The van der Waals surface area contributed by atoms with Gasteiger partial charge in [0.05, 0.1) is 127 Å². The van der Waals surface area contributed by atoms with Crippen molar-refractivity contribution in [1.82, 2.24) is 0 Å². The Labute approximate surface area is 340 Å². The summed E-state index contributed by atoms with van der Waals surface area (Å²) in [6.45, 7) is 18.5. The van der Waals surface area contributed by atoms with Crippen LogP contribution in [-0.4, -0.2) is 222 Å². The minimum Gasteiger partial charge on any atom is -0.394 e. The highest BCUT2D eigenvalue weighted by Gasteiger charge is 2.04. The van der Waals surface area contributed by atoms with E-state index in [-0.39, 0.29) is 63.6 Å². The second-order valence-electron chi connectivity index (χ2n) is 11.7. The molecule has 57 heavy (non-hydrogen) atoms. The van der Waals surface area contributed by atoms with Crippen molar-refractivity contribution in [2.45, 2.75) is 130 Å². The first-order valence-electron chi connectivity index (χ1n) is 17.2. The van der Waals surface area contributed by atoms with E-state index in [4.69, 9.17) is 119 Å². The van der Waals surface area contributed by atoms with E-state index in [2.05, 4.69) is 0 Å². The molecule has 10 atom stereocenters. The van der Waals surface area contributed by atoms with Crippen LogP contribution in [0.25, 0.3) is 0 Å². The van der Waals surface area contributed by atoms with Gasteiger partial charge < -0.3 is 119 Å². The first kappa shape index (κ1) is 74.8. The molecule has 0 saturated heterocycles. The van der Waals surface area contributed by atoms with E-state index in [1.165, 1.54) is 0 Å². The Hall–Kier alpha value is 0.330. The Bertz CT molecular complexity index is 549. The van der Waals surface area contributed by atoms with E-state index in [1.54, 1.807) is 69.2 Å². The summed E-state index contributed by atoms with van der Waals surface area (Å²) < 4.78 is 24.8. The van der Waals surface area contributed by atoms with Crippen LogP contribution in [-0.2, 0) is 23.7 Å². The molecule has 358 valence electrons. The second kappa shape index (κ2) is 58.4. The SMILES string of the molecule is CC(O)COC(C)CO.CC(O)COC(C)CO.CC(O)COC(C)CO.CC(O)COC(C)CO.CC(O)COC(C)CO.OP(O)O.OP(O)O.OP(O)O. The molecule has 0 spiro atoms. The first-order chi connectivity index (χ1) is 26.0. The molecule has 0 aromatic heterocycles. The van der Waals surface area contributed by atoms with Crippen LogP contribution >= 0.6 is 25.8 Å². The third kappa shape index (κ3) is 133. The predicted molar refractivity (Wildman–Crippen MR) is 212 cm³/mol. The monoisotopic (exact) mass is 916 g/mol. The van der Waals surface area contributed by atoms with Crippen molar-refractivity contribution in [3.63, 3.8) is 0 Å². The standard InChI is InChI=1S/5C6H14O3.3H3O3P/c5*1-5(8)4-9-6(2)3-7;3*1-4(2)3/h5*5-8H,3-4H2,1-2H3;3*1-3H. The van der Waals surface area contributed by atoms with Gasteiger partial charge in [-0.05, 0) is 69.2 Å². The fourth-order valence-electron chi connectivity index (χ4n) is 1.78. The largest absolute Gasteiger partial charge is 0.394 e.